The molecule has 8 N–H and O–H groups in total. The van der Waals surface area contributed by atoms with Gasteiger partial charge in [-0.15, -0.1) is 0 Å². The second-order valence-electron chi connectivity index (χ2n) is 13.9. The molecule has 1 rings (SSSR count). The van der Waals surface area contributed by atoms with Gasteiger partial charge >= 0.3 is 0 Å². The number of nitrogens with two attached hydrogens (primary N) is 1. The number of carbonyl (C=O) groups is 3. The first-order valence-electron chi connectivity index (χ1n) is 19.6. The van der Waals surface area contributed by atoms with Crippen LogP contribution in [0.15, 0.2) is 0 Å². The van der Waals surface area contributed by atoms with Crippen LogP contribution in [0.4, 0.5) is 0 Å². The third-order valence-electron chi connectivity index (χ3n) is 9.56. The molecule has 12 nitrogen and oxygen atoms in total. The number of hydrogen-bond acceptors (Lipinski definition) is 9. The Kier molecular flexibility index (Phi) is 26.6. The minimum Gasteiger partial charge on any atom is -0.394 e. The molecule has 288 valence electrons. The van der Waals surface area contributed by atoms with Crippen molar-refractivity contribution >= 4 is 17.7 Å². The van der Waals surface area contributed by atoms with Gasteiger partial charge in [-0.05, 0) is 12.8 Å². The molecule has 1 aliphatic heterocycles. The first-order valence-corrected chi connectivity index (χ1v) is 19.6. The number of amides is 3. The fourth-order valence-corrected chi connectivity index (χ4v) is 6.39. The van der Waals surface area contributed by atoms with E-state index in [2.05, 4.69) is 24.5 Å². The summed E-state index contributed by atoms with van der Waals surface area (Å²) in [4.78, 5) is 40.1. The summed E-state index contributed by atoms with van der Waals surface area (Å²) in [6.45, 7) is 3.11. The lowest BCUT2D eigenvalue weighted by Gasteiger charge is -2.47. The number of aliphatic hydroxyl groups excluding tert-OH is 4. The highest BCUT2D eigenvalue weighted by Gasteiger charge is 2.48. The summed E-state index contributed by atoms with van der Waals surface area (Å²) in [5, 5.41) is 45.7. The average molecular weight is 701 g/mol. The number of carbonyl (C=O) groups excluding carboxylic acids is 3. The molecule has 0 radical (unpaired) electrons. The molecule has 1 aliphatic rings. The van der Waals surface area contributed by atoms with Crippen molar-refractivity contribution in [1.82, 2.24) is 15.5 Å². The molecule has 0 saturated carbocycles. The zero-order chi connectivity index (χ0) is 36.3. The van der Waals surface area contributed by atoms with Gasteiger partial charge in [-0.2, -0.15) is 0 Å². The molecule has 0 aliphatic carbocycles. The van der Waals surface area contributed by atoms with Gasteiger partial charge in [0, 0.05) is 13.0 Å². The average Bonchev–Trinajstić information content (AvgIpc) is 3.10. The molecule has 0 aromatic carbocycles. The maximum atomic E-state index is 13.8. The first-order chi connectivity index (χ1) is 23.7. The standard InChI is InChI=1S/C37H72N4O8/c1-3-5-7-9-11-13-14-15-17-19-21-23-25-41(32(45)24-22-20-18-16-12-10-8-6-4-2)37-33(35(47)34(46)30(28-43)49-37)40-31(44)26-39-36(48)29(38)27-42/h29-30,33-35,37,42-43,46-47H,3-28,38H2,1-2H3,(H,39,48)(H,40,44)/t29-,30+,33+,34+,35+,37+/m0/s1. The van der Waals surface area contributed by atoms with Gasteiger partial charge in [0.15, 0.2) is 6.23 Å². The lowest BCUT2D eigenvalue weighted by molar-refractivity contribution is -0.231. The van der Waals surface area contributed by atoms with Crippen molar-refractivity contribution < 1.29 is 39.5 Å². The van der Waals surface area contributed by atoms with Gasteiger partial charge < -0.3 is 46.4 Å². The Morgan fingerprint density at radius 1 is 0.714 bits per heavy atom. The smallest absolute Gasteiger partial charge is 0.239 e. The SMILES string of the molecule is CCCCCCCCCCCCCCN(C(=O)CCCCCCCCCCC)[C@@H]1O[C@H](CO)[C@@H](O)[C@H](O)[C@H]1NC(=O)CNC(=O)[C@@H](N)CO. The molecule has 0 bridgehead atoms. The molecule has 6 atom stereocenters. The Hall–Kier alpha value is -1.83. The van der Waals surface area contributed by atoms with Gasteiger partial charge in [-0.3, -0.25) is 14.4 Å². The molecule has 12 heteroatoms. The van der Waals surface area contributed by atoms with Crippen molar-refractivity contribution in [3.8, 4) is 0 Å². The van der Waals surface area contributed by atoms with Crippen LogP contribution in [0.2, 0.25) is 0 Å². The highest BCUT2D eigenvalue weighted by atomic mass is 16.5. The molecular weight excluding hydrogens is 628 g/mol. The molecule has 1 saturated heterocycles. The van der Waals surface area contributed by atoms with Crippen LogP contribution in [0.3, 0.4) is 0 Å². The highest BCUT2D eigenvalue weighted by molar-refractivity contribution is 5.87. The summed E-state index contributed by atoms with van der Waals surface area (Å²) in [7, 11) is 0. The first kappa shape index (κ1) is 45.2. The molecule has 3 amide bonds. The van der Waals surface area contributed by atoms with E-state index in [1.807, 2.05) is 0 Å². The highest BCUT2D eigenvalue weighted by Crippen LogP contribution is 2.26. The fraction of sp³-hybridized carbons (Fsp3) is 0.919. The third kappa shape index (κ3) is 19.4. The maximum Gasteiger partial charge on any atom is 0.239 e. The van der Waals surface area contributed by atoms with E-state index in [0.717, 1.165) is 38.5 Å². The zero-order valence-corrected chi connectivity index (χ0v) is 30.8. The quantitative estimate of drug-likeness (QED) is 0.0546. The van der Waals surface area contributed by atoms with Gasteiger partial charge in [-0.25, -0.2) is 0 Å². The summed E-state index contributed by atoms with van der Waals surface area (Å²) >= 11 is 0. The van der Waals surface area contributed by atoms with Crippen LogP contribution in [-0.2, 0) is 19.1 Å². The second-order valence-corrected chi connectivity index (χ2v) is 13.9. The maximum absolute atomic E-state index is 13.8. The van der Waals surface area contributed by atoms with E-state index in [-0.39, 0.29) is 12.3 Å². The van der Waals surface area contributed by atoms with Crippen molar-refractivity contribution in [3.05, 3.63) is 0 Å². The van der Waals surface area contributed by atoms with E-state index in [9.17, 15) is 29.7 Å². The number of rotatable bonds is 30. The third-order valence-corrected chi connectivity index (χ3v) is 9.56. The molecule has 1 heterocycles. The van der Waals surface area contributed by atoms with E-state index in [4.69, 9.17) is 15.6 Å². The monoisotopic (exact) mass is 701 g/mol. The number of nitrogens with zero attached hydrogens (tertiary/aromatic N) is 1. The molecule has 0 spiro atoms. The number of nitrogens with one attached hydrogen (secondary N) is 2. The molecule has 1 fully saturated rings. The topological polar surface area (TPSA) is 195 Å². The van der Waals surface area contributed by atoms with Gasteiger partial charge in [0.2, 0.25) is 17.7 Å². The van der Waals surface area contributed by atoms with E-state index < -0.39 is 68.2 Å². The summed E-state index contributed by atoms with van der Waals surface area (Å²) in [5.74, 6) is -1.58. The van der Waals surface area contributed by atoms with Crippen LogP contribution >= 0.6 is 0 Å². The van der Waals surface area contributed by atoms with Crippen LogP contribution in [0, 0.1) is 0 Å². The largest absolute Gasteiger partial charge is 0.394 e. The number of hydrogen-bond donors (Lipinski definition) is 7. The van der Waals surface area contributed by atoms with Crippen molar-refractivity contribution in [3.63, 3.8) is 0 Å². The molecular formula is C37H72N4O8. The summed E-state index contributed by atoms with van der Waals surface area (Å²) in [5.41, 5.74) is 5.51. The normalized spacial score (nSPS) is 21.3. The Balaban J connectivity index is 2.86. The molecule has 0 aromatic heterocycles. The summed E-state index contributed by atoms with van der Waals surface area (Å²) in [6, 6.07) is -2.40. The summed E-state index contributed by atoms with van der Waals surface area (Å²) < 4.78 is 6.04. The minimum atomic E-state index is -1.54. The van der Waals surface area contributed by atoms with Crippen molar-refractivity contribution in [2.75, 3.05) is 26.3 Å². The minimum absolute atomic E-state index is 0.169. The Morgan fingerprint density at radius 3 is 1.65 bits per heavy atom. The Morgan fingerprint density at radius 2 is 1.18 bits per heavy atom. The predicted molar refractivity (Wildman–Crippen MR) is 192 cm³/mol. The lowest BCUT2D eigenvalue weighted by atomic mass is 9.94. The van der Waals surface area contributed by atoms with Gasteiger partial charge in [0.1, 0.15) is 30.4 Å². The summed E-state index contributed by atoms with van der Waals surface area (Å²) in [6.07, 6.45) is 19.0. The van der Waals surface area contributed by atoms with E-state index in [0.29, 0.717) is 19.4 Å². The number of ether oxygens (including phenoxy) is 1. The predicted octanol–water partition coefficient (Wildman–Crippen LogP) is 3.80. The van der Waals surface area contributed by atoms with E-state index >= 15 is 0 Å². The molecule has 0 aromatic rings. The van der Waals surface area contributed by atoms with Crippen molar-refractivity contribution in [2.24, 2.45) is 5.73 Å². The van der Waals surface area contributed by atoms with Crippen LogP contribution in [0.1, 0.15) is 155 Å². The number of unbranched alkanes of at least 4 members (excludes halogenated alkanes) is 19. The van der Waals surface area contributed by atoms with Gasteiger partial charge in [0.25, 0.3) is 0 Å². The lowest BCUT2D eigenvalue weighted by Crippen LogP contribution is -2.69. The molecule has 49 heavy (non-hydrogen) atoms. The zero-order valence-electron chi connectivity index (χ0n) is 30.8. The van der Waals surface area contributed by atoms with Gasteiger partial charge in [-0.1, -0.05) is 136 Å². The van der Waals surface area contributed by atoms with Crippen LogP contribution in [0.5, 0.6) is 0 Å². The van der Waals surface area contributed by atoms with E-state index in [1.54, 1.807) is 4.90 Å². The second kappa shape index (κ2) is 28.8. The Labute approximate surface area is 296 Å². The number of aliphatic hydroxyl groups is 4. The van der Waals surface area contributed by atoms with Crippen molar-refractivity contribution in [2.45, 2.75) is 192 Å². The van der Waals surface area contributed by atoms with Crippen molar-refractivity contribution in [1.29, 1.82) is 0 Å². The molecule has 0 unspecified atom stereocenters. The van der Waals surface area contributed by atoms with Crippen LogP contribution < -0.4 is 16.4 Å². The van der Waals surface area contributed by atoms with Crippen LogP contribution in [0.25, 0.3) is 0 Å². The van der Waals surface area contributed by atoms with Crippen LogP contribution in [-0.4, -0.2) is 106 Å². The Bertz CT molecular complexity index is 866. The van der Waals surface area contributed by atoms with Gasteiger partial charge in [0.05, 0.1) is 19.8 Å². The fourth-order valence-electron chi connectivity index (χ4n) is 6.39. The van der Waals surface area contributed by atoms with E-state index in [1.165, 1.54) is 83.5 Å².